The van der Waals surface area contributed by atoms with Crippen molar-refractivity contribution < 1.29 is 0 Å². The summed E-state index contributed by atoms with van der Waals surface area (Å²) in [7, 11) is 0. The molecule has 22 heavy (non-hydrogen) atoms. The molecule has 4 heteroatoms. The number of anilines is 1. The Morgan fingerprint density at radius 1 is 1.05 bits per heavy atom. The van der Waals surface area contributed by atoms with Gasteiger partial charge in [0.1, 0.15) is 5.82 Å². The van der Waals surface area contributed by atoms with Crippen LogP contribution in [0.5, 0.6) is 0 Å². The second kappa shape index (κ2) is 5.44. The van der Waals surface area contributed by atoms with Crippen LogP contribution in [0, 0.1) is 0 Å². The summed E-state index contributed by atoms with van der Waals surface area (Å²) in [6.07, 6.45) is 8.23. The molecule has 1 aromatic carbocycles. The van der Waals surface area contributed by atoms with Gasteiger partial charge < -0.3 is 5.73 Å². The van der Waals surface area contributed by atoms with Crippen LogP contribution in [0.25, 0.3) is 16.8 Å². The van der Waals surface area contributed by atoms with Crippen molar-refractivity contribution in [1.82, 2.24) is 14.6 Å². The Bertz CT molecular complexity index is 785. The molecule has 1 saturated carbocycles. The average molecular weight is 292 g/mol. The lowest BCUT2D eigenvalue weighted by molar-refractivity contribution is 0.437. The quantitative estimate of drug-likeness (QED) is 0.776. The molecule has 0 spiro atoms. The molecule has 0 bridgehead atoms. The summed E-state index contributed by atoms with van der Waals surface area (Å²) < 4.78 is 1.74. The molecule has 0 saturated heterocycles. The second-order valence-electron chi connectivity index (χ2n) is 6.10. The summed E-state index contributed by atoms with van der Waals surface area (Å²) in [6.45, 7) is 0. The highest BCUT2D eigenvalue weighted by Gasteiger charge is 2.19. The zero-order valence-corrected chi connectivity index (χ0v) is 12.6. The predicted molar refractivity (Wildman–Crippen MR) is 88.7 cm³/mol. The molecule has 112 valence electrons. The first-order valence-corrected chi connectivity index (χ1v) is 8.02. The van der Waals surface area contributed by atoms with E-state index in [0.717, 1.165) is 22.5 Å². The van der Waals surface area contributed by atoms with E-state index in [-0.39, 0.29) is 0 Å². The van der Waals surface area contributed by atoms with Crippen LogP contribution in [0.4, 0.5) is 5.82 Å². The Labute approximate surface area is 130 Å². The fourth-order valence-electron chi connectivity index (χ4n) is 3.43. The van der Waals surface area contributed by atoms with Crippen molar-refractivity contribution in [2.24, 2.45) is 0 Å². The normalized spacial score (nSPS) is 16.2. The van der Waals surface area contributed by atoms with Crippen LogP contribution in [0.1, 0.15) is 43.7 Å². The lowest BCUT2D eigenvalue weighted by atomic mass is 9.87. The number of hydrogen-bond donors (Lipinski definition) is 1. The number of rotatable bonds is 2. The molecule has 1 fully saturated rings. The number of aromatic nitrogens is 3. The maximum Gasteiger partial charge on any atom is 0.165 e. The molecular weight excluding hydrogens is 272 g/mol. The van der Waals surface area contributed by atoms with E-state index in [0.29, 0.717) is 11.7 Å². The molecule has 3 aromatic rings. The Hall–Kier alpha value is -2.36. The fraction of sp³-hybridized carbons (Fsp3) is 0.333. The Balaban J connectivity index is 1.84. The lowest BCUT2D eigenvalue weighted by Gasteiger charge is -2.21. The molecule has 4 rings (SSSR count). The van der Waals surface area contributed by atoms with Crippen LogP contribution in [0.2, 0.25) is 0 Å². The first-order chi connectivity index (χ1) is 10.8. The zero-order valence-electron chi connectivity index (χ0n) is 12.6. The van der Waals surface area contributed by atoms with E-state index in [1.54, 1.807) is 4.52 Å². The van der Waals surface area contributed by atoms with Crippen molar-refractivity contribution in [1.29, 1.82) is 0 Å². The number of benzene rings is 1. The summed E-state index contributed by atoms with van der Waals surface area (Å²) in [5.74, 6) is 1.22. The molecule has 0 radical (unpaired) electrons. The third-order valence-corrected chi connectivity index (χ3v) is 4.63. The van der Waals surface area contributed by atoms with Crippen LogP contribution in [-0.2, 0) is 0 Å². The highest BCUT2D eigenvalue weighted by Crippen LogP contribution is 2.33. The SMILES string of the molecule is Nc1cc(C2CCCCC2)nc2c(-c3ccccc3)cnn12. The van der Waals surface area contributed by atoms with Crippen molar-refractivity contribution in [3.05, 3.63) is 48.3 Å². The Morgan fingerprint density at radius 3 is 2.59 bits per heavy atom. The van der Waals surface area contributed by atoms with Gasteiger partial charge in [0.15, 0.2) is 5.65 Å². The first kappa shape index (κ1) is 13.3. The average Bonchev–Trinajstić information content (AvgIpc) is 3.01. The van der Waals surface area contributed by atoms with Gasteiger partial charge in [0.05, 0.1) is 6.20 Å². The van der Waals surface area contributed by atoms with Gasteiger partial charge in [-0.1, -0.05) is 49.6 Å². The Kier molecular flexibility index (Phi) is 3.29. The monoisotopic (exact) mass is 292 g/mol. The van der Waals surface area contributed by atoms with Crippen molar-refractivity contribution >= 4 is 11.5 Å². The highest BCUT2D eigenvalue weighted by atomic mass is 15.3. The Morgan fingerprint density at radius 2 is 1.82 bits per heavy atom. The minimum absolute atomic E-state index is 0.541. The minimum atomic E-state index is 0.541. The van der Waals surface area contributed by atoms with Crippen LogP contribution in [0.3, 0.4) is 0 Å². The van der Waals surface area contributed by atoms with Gasteiger partial charge >= 0.3 is 0 Å². The number of nitrogen functional groups attached to an aromatic ring is 1. The number of hydrogen-bond acceptors (Lipinski definition) is 3. The van der Waals surface area contributed by atoms with Gasteiger partial charge in [-0.15, -0.1) is 0 Å². The van der Waals surface area contributed by atoms with Crippen LogP contribution in [-0.4, -0.2) is 14.6 Å². The number of fused-ring (bicyclic) bond motifs is 1. The van der Waals surface area contributed by atoms with Gasteiger partial charge in [-0.05, 0) is 18.4 Å². The summed E-state index contributed by atoms with van der Waals surface area (Å²) in [5.41, 5.74) is 10.4. The third-order valence-electron chi connectivity index (χ3n) is 4.63. The molecule has 1 aliphatic rings. The third kappa shape index (κ3) is 2.25. The van der Waals surface area contributed by atoms with Gasteiger partial charge in [0, 0.05) is 23.2 Å². The standard InChI is InChI=1S/C18H20N4/c19-17-11-16(14-9-5-2-6-10-14)21-18-15(12-20-22(17)18)13-7-3-1-4-8-13/h1,3-4,7-8,11-12,14H,2,5-6,9-10,19H2. The summed E-state index contributed by atoms with van der Waals surface area (Å²) in [6, 6.07) is 12.3. The van der Waals surface area contributed by atoms with Crippen molar-refractivity contribution in [2.45, 2.75) is 38.0 Å². The topological polar surface area (TPSA) is 56.2 Å². The van der Waals surface area contributed by atoms with Crippen molar-refractivity contribution in [2.75, 3.05) is 5.73 Å². The molecule has 2 aromatic heterocycles. The van der Waals surface area contributed by atoms with Gasteiger partial charge in [-0.2, -0.15) is 9.61 Å². The van der Waals surface area contributed by atoms with E-state index in [4.69, 9.17) is 10.7 Å². The van der Waals surface area contributed by atoms with Gasteiger partial charge in [0.25, 0.3) is 0 Å². The van der Waals surface area contributed by atoms with Crippen molar-refractivity contribution in [3.63, 3.8) is 0 Å². The second-order valence-corrected chi connectivity index (χ2v) is 6.10. The number of nitrogens with two attached hydrogens (primary N) is 1. The van der Waals surface area contributed by atoms with Gasteiger partial charge in [0.2, 0.25) is 0 Å². The van der Waals surface area contributed by atoms with E-state index in [1.807, 2.05) is 30.5 Å². The first-order valence-electron chi connectivity index (χ1n) is 8.02. The molecule has 2 heterocycles. The molecule has 0 unspecified atom stereocenters. The smallest absolute Gasteiger partial charge is 0.165 e. The van der Waals surface area contributed by atoms with Crippen molar-refractivity contribution in [3.8, 4) is 11.1 Å². The van der Waals surface area contributed by atoms with Crippen LogP contribution < -0.4 is 5.73 Å². The molecule has 1 aliphatic carbocycles. The van der Waals surface area contributed by atoms with E-state index in [9.17, 15) is 0 Å². The van der Waals surface area contributed by atoms with E-state index >= 15 is 0 Å². The lowest BCUT2D eigenvalue weighted by Crippen LogP contribution is -2.10. The molecule has 0 amide bonds. The highest BCUT2D eigenvalue weighted by molar-refractivity contribution is 5.78. The molecule has 4 nitrogen and oxygen atoms in total. The predicted octanol–water partition coefficient (Wildman–Crippen LogP) is 4.03. The summed E-state index contributed by atoms with van der Waals surface area (Å²) in [5, 5.41) is 4.41. The largest absolute Gasteiger partial charge is 0.384 e. The fourth-order valence-corrected chi connectivity index (χ4v) is 3.43. The molecule has 0 aliphatic heterocycles. The number of nitrogens with zero attached hydrogens (tertiary/aromatic N) is 3. The molecule has 0 atom stereocenters. The molecule has 2 N–H and O–H groups in total. The van der Waals surface area contributed by atoms with Crippen LogP contribution >= 0.6 is 0 Å². The summed E-state index contributed by atoms with van der Waals surface area (Å²) in [4.78, 5) is 4.92. The van der Waals surface area contributed by atoms with Gasteiger partial charge in [-0.25, -0.2) is 4.98 Å². The van der Waals surface area contributed by atoms with Crippen LogP contribution in [0.15, 0.2) is 42.6 Å². The maximum atomic E-state index is 6.22. The summed E-state index contributed by atoms with van der Waals surface area (Å²) >= 11 is 0. The van der Waals surface area contributed by atoms with E-state index < -0.39 is 0 Å². The van der Waals surface area contributed by atoms with Gasteiger partial charge in [-0.3, -0.25) is 0 Å². The zero-order chi connectivity index (χ0) is 14.9. The molecular formula is C18H20N4. The maximum absolute atomic E-state index is 6.22. The van der Waals surface area contributed by atoms with E-state index in [2.05, 4.69) is 17.2 Å². The minimum Gasteiger partial charge on any atom is -0.384 e. The van der Waals surface area contributed by atoms with E-state index in [1.165, 1.54) is 32.1 Å².